The van der Waals surface area contributed by atoms with Gasteiger partial charge < -0.3 is 19.5 Å². The van der Waals surface area contributed by atoms with Gasteiger partial charge in [-0.25, -0.2) is 0 Å². The van der Waals surface area contributed by atoms with Crippen molar-refractivity contribution in [1.82, 2.24) is 5.32 Å². The molecule has 0 heterocycles. The zero-order chi connectivity index (χ0) is 14.4. The van der Waals surface area contributed by atoms with Crippen molar-refractivity contribution >= 4 is 0 Å². The molecule has 4 heteroatoms. The summed E-state index contributed by atoms with van der Waals surface area (Å²) in [5.74, 6) is 3.08. The molecule has 0 atom stereocenters. The van der Waals surface area contributed by atoms with Crippen LogP contribution in [0.15, 0.2) is 12.1 Å². The van der Waals surface area contributed by atoms with Crippen molar-refractivity contribution in [3.8, 4) is 17.2 Å². The summed E-state index contributed by atoms with van der Waals surface area (Å²) >= 11 is 0. The Hall–Kier alpha value is -1.42. The van der Waals surface area contributed by atoms with Crippen molar-refractivity contribution in [3.63, 3.8) is 0 Å². The molecule has 112 valence electrons. The maximum Gasteiger partial charge on any atom is 0.203 e. The van der Waals surface area contributed by atoms with Gasteiger partial charge in [-0.2, -0.15) is 0 Å². The highest BCUT2D eigenvalue weighted by molar-refractivity contribution is 5.53. The van der Waals surface area contributed by atoms with Gasteiger partial charge in [0.05, 0.1) is 21.3 Å². The number of ether oxygens (including phenoxy) is 3. The van der Waals surface area contributed by atoms with E-state index in [-0.39, 0.29) is 0 Å². The second-order valence-corrected chi connectivity index (χ2v) is 5.30. The molecule has 4 nitrogen and oxygen atoms in total. The van der Waals surface area contributed by atoms with Crippen LogP contribution in [0.1, 0.15) is 31.2 Å². The first-order valence-electron chi connectivity index (χ1n) is 7.28. The summed E-state index contributed by atoms with van der Waals surface area (Å²) < 4.78 is 16.0. The quantitative estimate of drug-likeness (QED) is 0.705. The topological polar surface area (TPSA) is 39.7 Å². The molecule has 20 heavy (non-hydrogen) atoms. The Morgan fingerprint density at radius 2 is 1.70 bits per heavy atom. The van der Waals surface area contributed by atoms with Crippen LogP contribution in [0.3, 0.4) is 0 Å². The van der Waals surface area contributed by atoms with Gasteiger partial charge in [-0.3, -0.25) is 0 Å². The third-order valence-corrected chi connectivity index (χ3v) is 3.72. The monoisotopic (exact) mass is 279 g/mol. The Labute approximate surface area is 121 Å². The molecule has 0 amide bonds. The maximum atomic E-state index is 5.35. The third-order valence-electron chi connectivity index (χ3n) is 3.72. The second kappa shape index (κ2) is 7.39. The van der Waals surface area contributed by atoms with Crippen LogP contribution >= 0.6 is 0 Å². The predicted octanol–water partition coefficient (Wildman–Crippen LogP) is 2.99. The first-order chi connectivity index (χ1) is 9.78. The van der Waals surface area contributed by atoms with Gasteiger partial charge in [-0.05, 0) is 43.0 Å². The molecule has 1 aromatic rings. The van der Waals surface area contributed by atoms with Crippen molar-refractivity contribution in [1.29, 1.82) is 0 Å². The van der Waals surface area contributed by atoms with Crippen molar-refractivity contribution in [2.24, 2.45) is 5.92 Å². The molecule has 0 bridgehead atoms. The molecule has 0 unspecified atom stereocenters. The van der Waals surface area contributed by atoms with E-state index in [2.05, 4.69) is 5.32 Å². The largest absolute Gasteiger partial charge is 0.493 e. The van der Waals surface area contributed by atoms with E-state index in [1.54, 1.807) is 21.3 Å². The zero-order valence-electron chi connectivity index (χ0n) is 12.7. The Bertz CT molecular complexity index is 405. The van der Waals surface area contributed by atoms with Crippen LogP contribution in [-0.4, -0.2) is 27.9 Å². The first-order valence-corrected chi connectivity index (χ1v) is 7.28. The van der Waals surface area contributed by atoms with Gasteiger partial charge in [0.25, 0.3) is 0 Å². The normalized spacial score (nSPS) is 14.2. The lowest BCUT2D eigenvalue weighted by molar-refractivity contribution is 0.323. The fourth-order valence-corrected chi connectivity index (χ4v) is 2.39. The van der Waals surface area contributed by atoms with Crippen LogP contribution in [0.5, 0.6) is 17.2 Å². The van der Waals surface area contributed by atoms with Crippen LogP contribution in [0, 0.1) is 5.92 Å². The molecule has 2 rings (SSSR count). The van der Waals surface area contributed by atoms with Crippen LogP contribution in [0.25, 0.3) is 0 Å². The van der Waals surface area contributed by atoms with Gasteiger partial charge in [0.1, 0.15) is 0 Å². The SMILES string of the molecule is COc1cc(CNCCCC2CC2)cc(OC)c1OC. The molecule has 1 saturated carbocycles. The van der Waals surface area contributed by atoms with Crippen LogP contribution in [0.2, 0.25) is 0 Å². The van der Waals surface area contributed by atoms with Gasteiger partial charge in [0, 0.05) is 6.54 Å². The molecule has 0 aliphatic heterocycles. The van der Waals surface area contributed by atoms with Crippen molar-refractivity contribution in [2.75, 3.05) is 27.9 Å². The Morgan fingerprint density at radius 1 is 1.05 bits per heavy atom. The second-order valence-electron chi connectivity index (χ2n) is 5.30. The minimum atomic E-state index is 0.646. The summed E-state index contributed by atoms with van der Waals surface area (Å²) in [4.78, 5) is 0. The molecule has 1 aliphatic rings. The minimum Gasteiger partial charge on any atom is -0.493 e. The third kappa shape index (κ3) is 4.04. The molecule has 1 aliphatic carbocycles. The molecular formula is C16H25NO3. The standard InChI is InChI=1S/C16H25NO3/c1-18-14-9-13(10-15(19-2)16(14)20-3)11-17-8-4-5-12-6-7-12/h9-10,12,17H,4-8,11H2,1-3H3. The number of nitrogens with one attached hydrogen (secondary N) is 1. The molecule has 0 aromatic heterocycles. The lowest BCUT2D eigenvalue weighted by Gasteiger charge is -2.14. The molecule has 1 fully saturated rings. The number of benzene rings is 1. The summed E-state index contributed by atoms with van der Waals surface area (Å²) in [6.07, 6.45) is 5.50. The number of methoxy groups -OCH3 is 3. The van der Waals surface area contributed by atoms with Gasteiger partial charge in [0.15, 0.2) is 11.5 Å². The van der Waals surface area contributed by atoms with E-state index < -0.39 is 0 Å². The smallest absolute Gasteiger partial charge is 0.203 e. The Morgan fingerprint density at radius 3 is 2.20 bits per heavy atom. The van der Waals surface area contributed by atoms with E-state index in [9.17, 15) is 0 Å². The van der Waals surface area contributed by atoms with Crippen molar-refractivity contribution in [2.45, 2.75) is 32.2 Å². The van der Waals surface area contributed by atoms with E-state index in [1.165, 1.54) is 25.7 Å². The summed E-state index contributed by atoms with van der Waals surface area (Å²) in [7, 11) is 4.91. The first kappa shape index (κ1) is 15.0. The van der Waals surface area contributed by atoms with Crippen molar-refractivity contribution < 1.29 is 14.2 Å². The van der Waals surface area contributed by atoms with Crippen LogP contribution in [0.4, 0.5) is 0 Å². The molecule has 0 spiro atoms. The summed E-state index contributed by atoms with van der Waals surface area (Å²) in [6.45, 7) is 1.88. The Kier molecular flexibility index (Phi) is 5.53. The van der Waals surface area contributed by atoms with E-state index in [0.717, 1.165) is 24.6 Å². The summed E-state index contributed by atoms with van der Waals surface area (Å²) in [5, 5.41) is 3.47. The van der Waals surface area contributed by atoms with Gasteiger partial charge in [0.2, 0.25) is 5.75 Å². The van der Waals surface area contributed by atoms with Gasteiger partial charge in [-0.15, -0.1) is 0 Å². The fraction of sp³-hybridized carbons (Fsp3) is 0.625. The Balaban J connectivity index is 1.89. The highest BCUT2D eigenvalue weighted by Crippen LogP contribution is 2.38. The molecule has 1 N–H and O–H groups in total. The lowest BCUT2D eigenvalue weighted by atomic mass is 10.1. The van der Waals surface area contributed by atoms with Crippen LogP contribution in [-0.2, 0) is 6.54 Å². The van der Waals surface area contributed by atoms with Gasteiger partial charge >= 0.3 is 0 Å². The highest BCUT2D eigenvalue weighted by Gasteiger charge is 2.19. The van der Waals surface area contributed by atoms with Crippen molar-refractivity contribution in [3.05, 3.63) is 17.7 Å². The molecule has 1 aromatic carbocycles. The number of hydrogen-bond acceptors (Lipinski definition) is 4. The lowest BCUT2D eigenvalue weighted by Crippen LogP contribution is -2.15. The highest BCUT2D eigenvalue weighted by atomic mass is 16.5. The summed E-state index contributed by atoms with van der Waals surface area (Å²) in [5.41, 5.74) is 1.14. The number of rotatable bonds is 9. The van der Waals surface area contributed by atoms with E-state index >= 15 is 0 Å². The van der Waals surface area contributed by atoms with E-state index in [1.807, 2.05) is 12.1 Å². The maximum absolute atomic E-state index is 5.35. The average molecular weight is 279 g/mol. The van der Waals surface area contributed by atoms with E-state index in [0.29, 0.717) is 17.2 Å². The zero-order valence-corrected chi connectivity index (χ0v) is 12.7. The minimum absolute atomic E-state index is 0.646. The van der Waals surface area contributed by atoms with Gasteiger partial charge in [-0.1, -0.05) is 12.8 Å². The molecular weight excluding hydrogens is 254 g/mol. The van der Waals surface area contributed by atoms with Crippen LogP contribution < -0.4 is 19.5 Å². The number of hydrogen-bond donors (Lipinski definition) is 1. The predicted molar refractivity (Wildman–Crippen MR) is 79.8 cm³/mol. The molecule has 0 saturated heterocycles. The molecule has 0 radical (unpaired) electrons. The average Bonchev–Trinajstić information content (AvgIpc) is 3.29. The summed E-state index contributed by atoms with van der Waals surface area (Å²) in [6, 6.07) is 3.99. The van der Waals surface area contributed by atoms with E-state index in [4.69, 9.17) is 14.2 Å². The fourth-order valence-electron chi connectivity index (χ4n) is 2.39.